The molecule has 1 saturated heterocycles. The third kappa shape index (κ3) is 6.65. The first kappa shape index (κ1) is 19.7. The lowest BCUT2D eigenvalue weighted by molar-refractivity contribution is 0.00581. The van der Waals surface area contributed by atoms with Gasteiger partial charge in [-0.15, -0.1) is 0 Å². The number of pyridine rings is 1. The van der Waals surface area contributed by atoms with Crippen molar-refractivity contribution in [3.8, 4) is 0 Å². The standard InChI is InChI=1S/C20H32N2O3/c1-16(18-12-5-7-13-21-18)24-15-9-11-17-10-6-8-14-22(17)19(23)25-20(2,3)4/h5,7,12-13,16-17H,6,8-11,14-15H2,1-4H3/t16-,17-/m1/s1. The lowest BCUT2D eigenvalue weighted by Crippen LogP contribution is -2.46. The molecule has 1 aliphatic heterocycles. The van der Waals surface area contributed by atoms with Crippen LogP contribution in [0.25, 0.3) is 0 Å². The summed E-state index contributed by atoms with van der Waals surface area (Å²) in [6.07, 6.45) is 6.77. The third-order valence-electron chi connectivity index (χ3n) is 4.41. The lowest BCUT2D eigenvalue weighted by Gasteiger charge is -2.37. The van der Waals surface area contributed by atoms with E-state index in [1.807, 2.05) is 50.8 Å². The molecule has 2 heterocycles. The Morgan fingerprint density at radius 3 is 2.84 bits per heavy atom. The van der Waals surface area contributed by atoms with Gasteiger partial charge in [-0.3, -0.25) is 4.98 Å². The third-order valence-corrected chi connectivity index (χ3v) is 4.41. The van der Waals surface area contributed by atoms with Gasteiger partial charge in [0.05, 0.1) is 11.8 Å². The molecule has 5 nitrogen and oxygen atoms in total. The molecule has 140 valence electrons. The van der Waals surface area contributed by atoms with E-state index in [4.69, 9.17) is 9.47 Å². The van der Waals surface area contributed by atoms with Crippen LogP contribution in [0.3, 0.4) is 0 Å². The van der Waals surface area contributed by atoms with Gasteiger partial charge in [-0.1, -0.05) is 6.07 Å². The second-order valence-corrected chi connectivity index (χ2v) is 7.73. The number of amides is 1. The fraction of sp³-hybridized carbons (Fsp3) is 0.700. The quantitative estimate of drug-likeness (QED) is 0.698. The highest BCUT2D eigenvalue weighted by Crippen LogP contribution is 2.24. The zero-order valence-corrected chi connectivity index (χ0v) is 16.0. The number of aromatic nitrogens is 1. The molecule has 1 aliphatic rings. The summed E-state index contributed by atoms with van der Waals surface area (Å²) in [6, 6.07) is 6.13. The van der Waals surface area contributed by atoms with Crippen LogP contribution in [0, 0.1) is 0 Å². The van der Waals surface area contributed by atoms with Gasteiger partial charge < -0.3 is 14.4 Å². The van der Waals surface area contributed by atoms with Crippen molar-refractivity contribution >= 4 is 6.09 Å². The van der Waals surface area contributed by atoms with Crippen LogP contribution < -0.4 is 0 Å². The van der Waals surface area contributed by atoms with Gasteiger partial charge in [-0.05, 0) is 71.9 Å². The van der Waals surface area contributed by atoms with Crippen molar-refractivity contribution in [1.82, 2.24) is 9.88 Å². The number of carbonyl (C=O) groups is 1. The molecule has 1 aromatic heterocycles. The summed E-state index contributed by atoms with van der Waals surface area (Å²) in [5, 5.41) is 0. The largest absolute Gasteiger partial charge is 0.444 e. The first-order valence-corrected chi connectivity index (χ1v) is 9.39. The zero-order chi connectivity index (χ0) is 18.3. The van der Waals surface area contributed by atoms with Gasteiger partial charge in [0.25, 0.3) is 0 Å². The van der Waals surface area contributed by atoms with E-state index in [0.717, 1.165) is 37.9 Å². The molecule has 0 bridgehead atoms. The van der Waals surface area contributed by atoms with Crippen molar-refractivity contribution in [2.45, 2.75) is 77.5 Å². The van der Waals surface area contributed by atoms with Gasteiger partial charge in [0.15, 0.2) is 0 Å². The fourth-order valence-electron chi connectivity index (χ4n) is 3.14. The summed E-state index contributed by atoms with van der Waals surface area (Å²) in [5.74, 6) is 0. The summed E-state index contributed by atoms with van der Waals surface area (Å²) in [4.78, 5) is 18.7. The van der Waals surface area contributed by atoms with Crippen molar-refractivity contribution in [2.24, 2.45) is 0 Å². The number of hydrogen-bond acceptors (Lipinski definition) is 4. The number of hydrogen-bond donors (Lipinski definition) is 0. The van der Waals surface area contributed by atoms with Gasteiger partial charge in [0.2, 0.25) is 0 Å². The normalized spacial score (nSPS) is 19.5. The van der Waals surface area contributed by atoms with Gasteiger partial charge in [0.1, 0.15) is 5.60 Å². The van der Waals surface area contributed by atoms with E-state index < -0.39 is 5.60 Å². The van der Waals surface area contributed by atoms with Crippen LogP contribution in [-0.4, -0.2) is 40.8 Å². The van der Waals surface area contributed by atoms with E-state index in [9.17, 15) is 4.79 Å². The van der Waals surface area contributed by atoms with Crippen LogP contribution in [0.15, 0.2) is 24.4 Å². The van der Waals surface area contributed by atoms with E-state index in [-0.39, 0.29) is 18.2 Å². The van der Waals surface area contributed by atoms with E-state index in [2.05, 4.69) is 4.98 Å². The Balaban J connectivity index is 1.77. The first-order valence-electron chi connectivity index (χ1n) is 9.39. The molecule has 0 unspecified atom stereocenters. The molecule has 0 saturated carbocycles. The number of piperidine rings is 1. The average Bonchev–Trinajstić information content (AvgIpc) is 2.58. The monoisotopic (exact) mass is 348 g/mol. The Kier molecular flexibility index (Phi) is 7.24. The van der Waals surface area contributed by atoms with Crippen molar-refractivity contribution in [3.63, 3.8) is 0 Å². The maximum atomic E-state index is 12.4. The molecule has 0 radical (unpaired) electrons. The molecule has 1 amide bonds. The van der Waals surface area contributed by atoms with Gasteiger partial charge in [0, 0.05) is 25.4 Å². The summed E-state index contributed by atoms with van der Waals surface area (Å²) < 4.78 is 11.5. The Labute approximate surface area is 151 Å². The highest BCUT2D eigenvalue weighted by Gasteiger charge is 2.30. The molecule has 0 spiro atoms. The lowest BCUT2D eigenvalue weighted by atomic mass is 9.98. The molecule has 25 heavy (non-hydrogen) atoms. The van der Waals surface area contributed by atoms with Crippen LogP contribution >= 0.6 is 0 Å². The Morgan fingerprint density at radius 2 is 2.16 bits per heavy atom. The van der Waals surface area contributed by atoms with Crippen LogP contribution in [0.2, 0.25) is 0 Å². The number of nitrogens with zero attached hydrogens (tertiary/aromatic N) is 2. The van der Waals surface area contributed by atoms with Gasteiger partial charge in [-0.25, -0.2) is 4.79 Å². The van der Waals surface area contributed by atoms with E-state index in [0.29, 0.717) is 6.61 Å². The van der Waals surface area contributed by atoms with Crippen LogP contribution in [0.5, 0.6) is 0 Å². The summed E-state index contributed by atoms with van der Waals surface area (Å²) in [7, 11) is 0. The van der Waals surface area contributed by atoms with Crippen LogP contribution in [0.1, 0.15) is 71.6 Å². The minimum Gasteiger partial charge on any atom is -0.444 e. The van der Waals surface area contributed by atoms with E-state index in [1.54, 1.807) is 6.20 Å². The maximum absolute atomic E-state index is 12.4. The fourth-order valence-corrected chi connectivity index (χ4v) is 3.14. The SMILES string of the molecule is C[C@@H](OCCC[C@H]1CCCCN1C(=O)OC(C)(C)C)c1ccccn1. The number of rotatable bonds is 6. The minimum atomic E-state index is -0.444. The minimum absolute atomic E-state index is 0.00508. The molecule has 2 atom stereocenters. The van der Waals surface area contributed by atoms with Crippen molar-refractivity contribution < 1.29 is 14.3 Å². The van der Waals surface area contributed by atoms with Crippen molar-refractivity contribution in [2.75, 3.05) is 13.2 Å². The second kappa shape index (κ2) is 9.18. The molecule has 2 rings (SSSR count). The second-order valence-electron chi connectivity index (χ2n) is 7.73. The van der Waals surface area contributed by atoms with Crippen LogP contribution in [0.4, 0.5) is 4.79 Å². The summed E-state index contributed by atoms with van der Waals surface area (Å²) >= 11 is 0. The number of likely N-dealkylation sites (tertiary alicyclic amines) is 1. The Hall–Kier alpha value is -1.62. The van der Waals surface area contributed by atoms with E-state index in [1.165, 1.54) is 6.42 Å². The van der Waals surface area contributed by atoms with Crippen molar-refractivity contribution in [1.29, 1.82) is 0 Å². The summed E-state index contributed by atoms with van der Waals surface area (Å²) in [5.41, 5.74) is 0.510. The molecule has 0 aliphatic carbocycles. The first-order chi connectivity index (χ1) is 11.9. The summed E-state index contributed by atoms with van der Waals surface area (Å²) in [6.45, 7) is 9.24. The number of carbonyl (C=O) groups excluding carboxylic acids is 1. The molecule has 0 N–H and O–H groups in total. The topological polar surface area (TPSA) is 51.7 Å². The molecule has 1 fully saturated rings. The molecule has 0 aromatic carbocycles. The van der Waals surface area contributed by atoms with Gasteiger partial charge >= 0.3 is 6.09 Å². The molecule has 1 aromatic rings. The zero-order valence-electron chi connectivity index (χ0n) is 16.0. The number of ether oxygens (including phenoxy) is 2. The molecular formula is C20H32N2O3. The highest BCUT2D eigenvalue weighted by atomic mass is 16.6. The van der Waals surface area contributed by atoms with E-state index >= 15 is 0 Å². The average molecular weight is 348 g/mol. The Morgan fingerprint density at radius 1 is 1.36 bits per heavy atom. The van der Waals surface area contributed by atoms with Crippen LogP contribution in [-0.2, 0) is 9.47 Å². The van der Waals surface area contributed by atoms with Crippen molar-refractivity contribution in [3.05, 3.63) is 30.1 Å². The van der Waals surface area contributed by atoms with Gasteiger partial charge in [-0.2, -0.15) is 0 Å². The molecule has 5 heteroatoms. The maximum Gasteiger partial charge on any atom is 0.410 e. The smallest absolute Gasteiger partial charge is 0.410 e. The molecular weight excluding hydrogens is 316 g/mol. The highest BCUT2D eigenvalue weighted by molar-refractivity contribution is 5.68. The predicted molar refractivity (Wildman–Crippen MR) is 98.4 cm³/mol. The predicted octanol–water partition coefficient (Wildman–Crippen LogP) is 4.73. The Bertz CT molecular complexity index is 527.